The molecule has 0 bridgehead atoms. The summed E-state index contributed by atoms with van der Waals surface area (Å²) >= 11 is 0. The van der Waals surface area contributed by atoms with Gasteiger partial charge in [-0.2, -0.15) is 0 Å². The number of ether oxygens (including phenoxy) is 2. The molecule has 0 radical (unpaired) electrons. The van der Waals surface area contributed by atoms with Gasteiger partial charge in [-0.05, 0) is 49.2 Å². The number of benzene rings is 1. The summed E-state index contributed by atoms with van der Waals surface area (Å²) in [7, 11) is 0. The Hall–Kier alpha value is -1.93. The summed E-state index contributed by atoms with van der Waals surface area (Å²) in [5.41, 5.74) is 5.53. The van der Waals surface area contributed by atoms with Gasteiger partial charge in [0.15, 0.2) is 0 Å². The Morgan fingerprint density at radius 3 is 2.46 bits per heavy atom. The third-order valence-electron chi connectivity index (χ3n) is 3.70. The molecule has 2 aromatic rings. The number of aromatic nitrogens is 1. The number of hydrogen-bond donors (Lipinski definition) is 2. The monoisotopic (exact) mass is 403 g/mol. The molecule has 1 saturated heterocycles. The minimum atomic E-state index is -0.490. The summed E-state index contributed by atoms with van der Waals surface area (Å²) in [6.45, 7) is 0.414. The number of nitrogens with one attached hydrogen (secondary N) is 1. The van der Waals surface area contributed by atoms with Gasteiger partial charge in [-0.25, -0.2) is 9.37 Å². The molecule has 142 valence electrons. The lowest BCUT2D eigenvalue weighted by Gasteiger charge is -2.12. The van der Waals surface area contributed by atoms with E-state index in [1.165, 1.54) is 30.5 Å². The van der Waals surface area contributed by atoms with Crippen LogP contribution in [0.5, 0.6) is 11.5 Å². The number of amides is 1. The number of anilines is 1. The van der Waals surface area contributed by atoms with E-state index in [4.69, 9.17) is 15.2 Å². The Labute approximate surface area is 163 Å². The summed E-state index contributed by atoms with van der Waals surface area (Å²) in [6, 6.07) is 8.98. The first kappa shape index (κ1) is 22.1. The zero-order valence-corrected chi connectivity index (χ0v) is 15.4. The zero-order chi connectivity index (χ0) is 16.9. The van der Waals surface area contributed by atoms with Crippen LogP contribution < -0.4 is 15.8 Å². The van der Waals surface area contributed by atoms with E-state index in [2.05, 4.69) is 10.3 Å². The van der Waals surface area contributed by atoms with Crippen LogP contribution in [0, 0.1) is 5.82 Å². The molecule has 1 fully saturated rings. The van der Waals surface area contributed by atoms with Gasteiger partial charge in [-0.15, -0.1) is 24.8 Å². The third kappa shape index (κ3) is 5.81. The molecule has 9 heteroatoms. The van der Waals surface area contributed by atoms with Crippen molar-refractivity contribution in [3.8, 4) is 11.5 Å². The first-order chi connectivity index (χ1) is 11.6. The SMILES string of the molecule is Cl.Cl.NC[C@H]1CC[C@@H](C(=O)Nc2ccc(Oc3ccc(F)cc3)cn2)O1. The van der Waals surface area contributed by atoms with Crippen LogP contribution in [0.2, 0.25) is 0 Å². The number of pyridine rings is 1. The molecule has 1 amide bonds. The second-order valence-electron chi connectivity index (χ2n) is 5.48. The molecule has 0 aliphatic carbocycles. The smallest absolute Gasteiger partial charge is 0.254 e. The number of nitrogens with two attached hydrogens (primary N) is 1. The average Bonchev–Trinajstić information content (AvgIpc) is 3.08. The Bertz CT molecular complexity index is 701. The number of nitrogens with zero attached hydrogens (tertiary/aromatic N) is 1. The van der Waals surface area contributed by atoms with Gasteiger partial charge in [0.05, 0.1) is 12.3 Å². The van der Waals surface area contributed by atoms with E-state index in [0.29, 0.717) is 30.3 Å². The van der Waals surface area contributed by atoms with E-state index < -0.39 is 6.10 Å². The van der Waals surface area contributed by atoms with Crippen LogP contribution in [-0.4, -0.2) is 29.6 Å². The Balaban J connectivity index is 0.00000169. The third-order valence-corrected chi connectivity index (χ3v) is 3.70. The first-order valence-electron chi connectivity index (χ1n) is 7.70. The molecule has 0 unspecified atom stereocenters. The largest absolute Gasteiger partial charge is 0.456 e. The molecule has 1 aromatic heterocycles. The van der Waals surface area contributed by atoms with Gasteiger partial charge in [-0.3, -0.25) is 4.79 Å². The van der Waals surface area contributed by atoms with Gasteiger partial charge < -0.3 is 20.5 Å². The molecule has 2 atom stereocenters. The van der Waals surface area contributed by atoms with Crippen molar-refractivity contribution in [1.82, 2.24) is 4.98 Å². The standard InChI is InChI=1S/C17H18FN3O3.2ClH/c18-11-1-3-12(4-2-11)23-14-6-8-16(20-10-14)21-17(22)15-7-5-13(9-19)24-15;;/h1-4,6,8,10,13,15H,5,7,9,19H2,(H,20,21,22);2*1H/t13-,15+;;/m1../s1. The van der Waals surface area contributed by atoms with E-state index in [9.17, 15) is 9.18 Å². The number of carbonyl (C=O) groups is 1. The maximum absolute atomic E-state index is 12.8. The van der Waals surface area contributed by atoms with Crippen LogP contribution >= 0.6 is 24.8 Å². The predicted octanol–water partition coefficient (Wildman–Crippen LogP) is 3.30. The van der Waals surface area contributed by atoms with E-state index in [-0.39, 0.29) is 42.6 Å². The summed E-state index contributed by atoms with van der Waals surface area (Å²) in [5.74, 6) is 0.837. The molecule has 0 spiro atoms. The molecule has 1 aliphatic heterocycles. The number of hydrogen-bond acceptors (Lipinski definition) is 5. The summed E-state index contributed by atoms with van der Waals surface area (Å²) in [5, 5.41) is 2.71. The first-order valence-corrected chi connectivity index (χ1v) is 7.70. The van der Waals surface area contributed by atoms with E-state index in [1.807, 2.05) is 0 Å². The number of carbonyl (C=O) groups excluding carboxylic acids is 1. The minimum Gasteiger partial charge on any atom is -0.456 e. The number of rotatable bonds is 5. The highest BCUT2D eigenvalue weighted by Gasteiger charge is 2.29. The van der Waals surface area contributed by atoms with Gasteiger partial charge in [-0.1, -0.05) is 0 Å². The Kier molecular flexibility index (Phi) is 8.74. The topological polar surface area (TPSA) is 86.5 Å². The van der Waals surface area contributed by atoms with Crippen LogP contribution in [0.25, 0.3) is 0 Å². The van der Waals surface area contributed by atoms with Crippen LogP contribution in [0.4, 0.5) is 10.2 Å². The molecule has 3 N–H and O–H groups in total. The molecule has 3 rings (SSSR count). The van der Waals surface area contributed by atoms with E-state index in [0.717, 1.165) is 6.42 Å². The molecule has 1 aliphatic rings. The van der Waals surface area contributed by atoms with Crippen molar-refractivity contribution >= 4 is 36.5 Å². The lowest BCUT2D eigenvalue weighted by molar-refractivity contribution is -0.126. The lowest BCUT2D eigenvalue weighted by Crippen LogP contribution is -2.30. The van der Waals surface area contributed by atoms with Crippen molar-refractivity contribution in [3.05, 3.63) is 48.4 Å². The quantitative estimate of drug-likeness (QED) is 0.799. The summed E-state index contributed by atoms with van der Waals surface area (Å²) < 4.78 is 23.9. The fourth-order valence-corrected chi connectivity index (χ4v) is 2.43. The number of halogens is 3. The van der Waals surface area contributed by atoms with Gasteiger partial charge >= 0.3 is 0 Å². The molecule has 0 saturated carbocycles. The normalized spacial score (nSPS) is 18.4. The Morgan fingerprint density at radius 1 is 1.19 bits per heavy atom. The molecule has 26 heavy (non-hydrogen) atoms. The molecule has 2 heterocycles. The van der Waals surface area contributed by atoms with Crippen molar-refractivity contribution in [2.45, 2.75) is 25.0 Å². The van der Waals surface area contributed by atoms with Crippen molar-refractivity contribution in [2.75, 3.05) is 11.9 Å². The average molecular weight is 404 g/mol. The lowest BCUT2D eigenvalue weighted by atomic mass is 10.2. The highest BCUT2D eigenvalue weighted by atomic mass is 35.5. The molecule has 6 nitrogen and oxygen atoms in total. The predicted molar refractivity (Wildman–Crippen MR) is 101 cm³/mol. The second-order valence-corrected chi connectivity index (χ2v) is 5.48. The van der Waals surface area contributed by atoms with Gasteiger partial charge in [0.1, 0.15) is 29.2 Å². The van der Waals surface area contributed by atoms with Crippen LogP contribution in [-0.2, 0) is 9.53 Å². The summed E-state index contributed by atoms with van der Waals surface area (Å²) in [6.07, 6.45) is 2.37. The fourth-order valence-electron chi connectivity index (χ4n) is 2.43. The fraction of sp³-hybridized carbons (Fsp3) is 0.294. The maximum Gasteiger partial charge on any atom is 0.254 e. The van der Waals surface area contributed by atoms with Crippen LogP contribution in [0.3, 0.4) is 0 Å². The van der Waals surface area contributed by atoms with Crippen molar-refractivity contribution < 1.29 is 18.7 Å². The van der Waals surface area contributed by atoms with Crippen LogP contribution in [0.1, 0.15) is 12.8 Å². The van der Waals surface area contributed by atoms with Gasteiger partial charge in [0, 0.05) is 6.54 Å². The van der Waals surface area contributed by atoms with Crippen molar-refractivity contribution in [1.29, 1.82) is 0 Å². The van der Waals surface area contributed by atoms with E-state index in [1.54, 1.807) is 12.1 Å². The maximum atomic E-state index is 12.8. The van der Waals surface area contributed by atoms with Gasteiger partial charge in [0.25, 0.3) is 5.91 Å². The zero-order valence-electron chi connectivity index (χ0n) is 13.8. The van der Waals surface area contributed by atoms with Crippen LogP contribution in [0.15, 0.2) is 42.6 Å². The second kappa shape index (κ2) is 10.3. The molecular formula is C17H20Cl2FN3O3. The van der Waals surface area contributed by atoms with E-state index >= 15 is 0 Å². The minimum absolute atomic E-state index is 0. The highest BCUT2D eigenvalue weighted by Crippen LogP contribution is 2.23. The van der Waals surface area contributed by atoms with Crippen molar-refractivity contribution in [2.24, 2.45) is 5.73 Å². The summed E-state index contributed by atoms with van der Waals surface area (Å²) in [4.78, 5) is 16.2. The molecular weight excluding hydrogens is 384 g/mol. The highest BCUT2D eigenvalue weighted by molar-refractivity contribution is 5.93. The Morgan fingerprint density at radius 2 is 1.88 bits per heavy atom. The molecule has 1 aromatic carbocycles. The van der Waals surface area contributed by atoms with Crippen molar-refractivity contribution in [3.63, 3.8) is 0 Å². The van der Waals surface area contributed by atoms with Gasteiger partial charge in [0.2, 0.25) is 0 Å².